The summed E-state index contributed by atoms with van der Waals surface area (Å²) in [4.78, 5) is 116. The molecule has 8 amide bonds. The maximum absolute atomic E-state index is 14.8. The van der Waals surface area contributed by atoms with E-state index in [2.05, 4.69) is 52.7 Å². The molecule has 82 heavy (non-hydrogen) atoms. The number of aromatic nitrogens is 2. The first-order valence-electron chi connectivity index (χ1n) is 27.4. The first-order chi connectivity index (χ1) is 38.2. The van der Waals surface area contributed by atoms with Crippen LogP contribution < -0.4 is 42.5 Å². The number of nitrogens with one attached hydrogen (secondary N) is 9. The predicted molar refractivity (Wildman–Crippen MR) is 315 cm³/mol. The molecule has 2 aliphatic carbocycles. The molecule has 2 fully saturated rings. The smallest absolute Gasteiger partial charge is 0.272 e. The van der Waals surface area contributed by atoms with Gasteiger partial charge in [-0.2, -0.15) is 5.10 Å². The Labute approximate surface area is 490 Å². The second kappa shape index (κ2) is 25.6. The molecule has 0 spiro atoms. The van der Waals surface area contributed by atoms with E-state index in [1.165, 1.54) is 15.9 Å². The number of rotatable bonds is 17. The first kappa shape index (κ1) is 62.0. The summed E-state index contributed by atoms with van der Waals surface area (Å²) in [6, 6.07) is 24.6. The van der Waals surface area contributed by atoms with Gasteiger partial charge in [0.2, 0.25) is 35.4 Å². The highest BCUT2D eigenvalue weighted by Crippen LogP contribution is 2.45. The van der Waals surface area contributed by atoms with E-state index in [1.54, 1.807) is 41.8 Å². The number of amides is 8. The molecule has 436 valence electrons. The number of likely N-dealkylation sites (tertiary alicyclic amines) is 2. The summed E-state index contributed by atoms with van der Waals surface area (Å²) in [5.74, 6) is -4.34. The van der Waals surface area contributed by atoms with Gasteiger partial charge in [-0.15, -0.1) is 24.8 Å². The Morgan fingerprint density at radius 3 is 1.34 bits per heavy atom. The summed E-state index contributed by atoms with van der Waals surface area (Å²) >= 11 is 0. The fraction of sp³-hybridized carbons (Fsp3) is 0.417. The van der Waals surface area contributed by atoms with Crippen LogP contribution in [-0.2, 0) is 28.8 Å². The molecule has 0 bridgehead atoms. The van der Waals surface area contributed by atoms with E-state index >= 15 is 0 Å². The third kappa shape index (κ3) is 12.5. The maximum Gasteiger partial charge on any atom is 0.272 e. The monoisotopic (exact) mass is 1160 g/mol. The van der Waals surface area contributed by atoms with Gasteiger partial charge in [-0.05, 0) is 96.6 Å². The molecule has 20 nitrogen and oxygen atoms in total. The van der Waals surface area contributed by atoms with Crippen LogP contribution in [0.2, 0.25) is 0 Å². The van der Waals surface area contributed by atoms with Crippen LogP contribution in [0.1, 0.15) is 117 Å². The molecule has 4 aromatic carbocycles. The summed E-state index contributed by atoms with van der Waals surface area (Å²) < 4.78 is 0. The number of halogens is 2. The fourth-order valence-electron chi connectivity index (χ4n) is 11.4. The highest BCUT2D eigenvalue weighted by molar-refractivity contribution is 6.00. The van der Waals surface area contributed by atoms with Crippen LogP contribution >= 0.6 is 24.8 Å². The number of hydrogen-bond acceptors (Lipinski definition) is 11. The molecule has 8 atom stereocenters. The second-order valence-corrected chi connectivity index (χ2v) is 22.8. The van der Waals surface area contributed by atoms with Gasteiger partial charge in [-0.3, -0.25) is 43.5 Å². The molecule has 0 saturated carbocycles. The lowest BCUT2D eigenvalue weighted by Crippen LogP contribution is -2.59. The largest absolute Gasteiger partial charge is 0.346 e. The second-order valence-electron chi connectivity index (χ2n) is 22.8. The van der Waals surface area contributed by atoms with Crippen molar-refractivity contribution in [3.05, 3.63) is 137 Å². The summed E-state index contributed by atoms with van der Waals surface area (Å²) in [6.07, 6.45) is 0.0578. The number of benzene rings is 4. The quantitative estimate of drug-likeness (QED) is 0.0634. The Morgan fingerprint density at radius 2 is 0.939 bits per heavy atom. The highest BCUT2D eigenvalue weighted by Gasteiger charge is 2.48. The van der Waals surface area contributed by atoms with Crippen molar-refractivity contribution < 1.29 is 38.4 Å². The molecule has 9 rings (SSSR count). The van der Waals surface area contributed by atoms with Crippen molar-refractivity contribution in [2.24, 2.45) is 11.3 Å². The average Bonchev–Trinajstić information content (AvgIpc) is 4.49. The van der Waals surface area contributed by atoms with Gasteiger partial charge in [0.1, 0.15) is 29.9 Å². The third-order valence-corrected chi connectivity index (χ3v) is 16.0. The van der Waals surface area contributed by atoms with Gasteiger partial charge in [-0.1, -0.05) is 132 Å². The normalized spacial score (nSPS) is 19.4. The minimum Gasteiger partial charge on any atom is -0.346 e. The lowest BCUT2D eigenvalue weighted by Gasteiger charge is -2.36. The number of likely N-dealkylation sites (N-methyl/N-ethyl adjacent to an activating group) is 2. The van der Waals surface area contributed by atoms with Gasteiger partial charge in [0.15, 0.2) is 5.69 Å². The molecule has 5 aromatic rings. The minimum atomic E-state index is -1.06. The Morgan fingerprint density at radius 1 is 0.549 bits per heavy atom. The van der Waals surface area contributed by atoms with E-state index in [0.717, 1.165) is 44.5 Å². The first-order valence-corrected chi connectivity index (χ1v) is 27.4. The van der Waals surface area contributed by atoms with Crippen molar-refractivity contribution in [1.82, 2.24) is 62.5 Å². The van der Waals surface area contributed by atoms with Crippen molar-refractivity contribution in [2.75, 3.05) is 27.2 Å². The lowest BCUT2D eigenvalue weighted by molar-refractivity contribution is -0.144. The lowest BCUT2D eigenvalue weighted by atomic mass is 9.85. The predicted octanol–water partition coefficient (Wildman–Crippen LogP) is 4.31. The van der Waals surface area contributed by atoms with Crippen LogP contribution in [0.15, 0.2) is 103 Å². The van der Waals surface area contributed by atoms with Crippen molar-refractivity contribution in [3.8, 4) is 22.3 Å². The van der Waals surface area contributed by atoms with Crippen LogP contribution in [0.4, 0.5) is 0 Å². The molecular formula is C60H74Cl2N12O8. The standard InChI is InChI=1S/C60H72N12O8.2ClH/c1-31(2)48(65-52(73)32(3)61-8)58(79)71-29-34(26-46(71)56(77)66-49-40-22-14-10-18-36(40)37-19-11-15-23-41(37)49)63-54(75)44-28-45(70-69-44)55(76)64-35-27-47(72(30-35)59(80)51(60(5,6)7)68-53(74)33(4)62-9)57(78)67-50-42-24-16-12-20-38(42)39-21-13-17-25-43(39)50;;/h10-25,28,31-35,46-51,61-62H,26-27,29-30H2,1-9H3,(H,63,75)(H,64,76)(H,65,73)(H,66,77)(H,67,78)(H,68,74)(H,69,70);2*1H/t32-,33-,34-,35-,46?,47-,48+,51-;;/m0../s1. The van der Waals surface area contributed by atoms with Gasteiger partial charge in [0.25, 0.3) is 11.8 Å². The molecule has 0 radical (unpaired) electrons. The van der Waals surface area contributed by atoms with Crippen molar-refractivity contribution in [1.29, 1.82) is 0 Å². The number of nitrogens with zero attached hydrogens (tertiary/aromatic N) is 3. The molecule has 1 aromatic heterocycles. The molecular weight excluding hydrogens is 1090 g/mol. The Hall–Kier alpha value is -7.65. The molecule has 1 unspecified atom stereocenters. The summed E-state index contributed by atoms with van der Waals surface area (Å²) in [5, 5.41) is 30.7. The van der Waals surface area contributed by atoms with E-state index < -0.39 is 113 Å². The van der Waals surface area contributed by atoms with E-state index in [9.17, 15) is 38.4 Å². The summed E-state index contributed by atoms with van der Waals surface area (Å²) in [6.45, 7) is 12.3. The summed E-state index contributed by atoms with van der Waals surface area (Å²) in [5.41, 5.74) is 6.57. The van der Waals surface area contributed by atoms with Crippen molar-refractivity contribution in [2.45, 2.75) is 122 Å². The highest BCUT2D eigenvalue weighted by atomic mass is 35.5. The number of fused-ring (bicyclic) bond motifs is 6. The number of hydrogen-bond donors (Lipinski definition) is 9. The van der Waals surface area contributed by atoms with Crippen LogP contribution in [-0.4, -0.2) is 143 Å². The Kier molecular flexibility index (Phi) is 19.4. The molecule has 2 saturated heterocycles. The fourth-order valence-corrected chi connectivity index (χ4v) is 11.4. The number of H-pyrrole nitrogens is 1. The molecule has 22 heteroatoms. The molecule has 3 heterocycles. The number of carbonyl (C=O) groups excluding carboxylic acids is 8. The van der Waals surface area contributed by atoms with Crippen molar-refractivity contribution in [3.63, 3.8) is 0 Å². The van der Waals surface area contributed by atoms with Gasteiger partial charge in [0, 0.05) is 31.2 Å². The number of aromatic amines is 1. The molecule has 9 N–H and O–H groups in total. The van der Waals surface area contributed by atoms with Gasteiger partial charge < -0.3 is 52.3 Å². The van der Waals surface area contributed by atoms with E-state index in [-0.39, 0.29) is 68.1 Å². The topological polar surface area (TPSA) is 268 Å². The maximum atomic E-state index is 14.8. The van der Waals surface area contributed by atoms with Gasteiger partial charge >= 0.3 is 0 Å². The summed E-state index contributed by atoms with van der Waals surface area (Å²) in [7, 11) is 3.28. The molecule has 4 aliphatic rings. The Balaban J connectivity index is 0.00000484. The molecule has 2 aliphatic heterocycles. The van der Waals surface area contributed by atoms with Crippen molar-refractivity contribution >= 4 is 72.1 Å². The van der Waals surface area contributed by atoms with E-state index in [1.807, 2.05) is 118 Å². The van der Waals surface area contributed by atoms with E-state index in [4.69, 9.17) is 0 Å². The van der Waals surface area contributed by atoms with Crippen LogP contribution in [0, 0.1) is 11.3 Å². The van der Waals surface area contributed by atoms with Gasteiger partial charge in [0.05, 0.1) is 24.2 Å². The van der Waals surface area contributed by atoms with Crippen LogP contribution in [0.25, 0.3) is 22.3 Å². The zero-order valence-electron chi connectivity index (χ0n) is 47.4. The van der Waals surface area contributed by atoms with Crippen LogP contribution in [0.3, 0.4) is 0 Å². The SMILES string of the molecule is CN[C@@H](C)C(=O)N[C@@H](C(=O)N1C[C@@H](NC(=O)c2cc(C(=O)N[C@H]3C[C@@H](C(=O)NC4c5ccccc5-c5ccccc54)N(C(=O)[C@H](NC(=O)[C@H](C)NC)C(C)(C)C)C3)[nH]n2)CC1C(=O)NC1c2ccccc2-c2ccccc21)C(C)C.Cl.Cl. The zero-order chi connectivity index (χ0) is 57.3. The zero-order valence-corrected chi connectivity index (χ0v) is 49.1. The van der Waals surface area contributed by atoms with E-state index in [0.29, 0.717) is 0 Å². The number of carbonyl (C=O) groups is 8. The Bertz CT molecular complexity index is 3150. The minimum absolute atomic E-state index is 0. The average molecular weight is 1160 g/mol. The third-order valence-electron chi connectivity index (χ3n) is 16.0. The van der Waals surface area contributed by atoms with Gasteiger partial charge in [-0.25, -0.2) is 0 Å². The van der Waals surface area contributed by atoms with Crippen LogP contribution in [0.5, 0.6) is 0 Å².